The first-order valence-electron chi connectivity index (χ1n) is 4.66. The summed E-state index contributed by atoms with van der Waals surface area (Å²) in [7, 11) is 0. The zero-order chi connectivity index (χ0) is 11.9. The van der Waals surface area contributed by atoms with Crippen LogP contribution in [0.25, 0.3) is 10.8 Å². The first-order chi connectivity index (χ1) is 7.50. The molecule has 0 spiro atoms. The minimum absolute atomic E-state index is 0.0452. The second kappa shape index (κ2) is 3.53. The Bertz CT molecular complexity index is 597. The lowest BCUT2D eigenvalue weighted by molar-refractivity contribution is 0.197. The number of benzene rings is 1. The van der Waals surface area contributed by atoms with Crippen LogP contribution < -0.4 is 5.63 Å². The van der Waals surface area contributed by atoms with E-state index < -0.39 is 11.7 Å². The van der Waals surface area contributed by atoms with Gasteiger partial charge in [0, 0.05) is 17.0 Å². The number of hydrogen-bond acceptors (Lipinski definition) is 5. The molecule has 1 atom stereocenters. The van der Waals surface area contributed by atoms with Crippen molar-refractivity contribution in [3.8, 4) is 11.5 Å². The van der Waals surface area contributed by atoms with Crippen LogP contribution in [-0.4, -0.2) is 15.3 Å². The summed E-state index contributed by atoms with van der Waals surface area (Å²) >= 11 is 0. The van der Waals surface area contributed by atoms with Gasteiger partial charge in [-0.1, -0.05) is 0 Å². The molecule has 16 heavy (non-hydrogen) atoms. The molecule has 2 rings (SSSR count). The zero-order valence-corrected chi connectivity index (χ0v) is 8.47. The van der Waals surface area contributed by atoms with Crippen LogP contribution in [0.2, 0.25) is 0 Å². The number of phenols is 2. The van der Waals surface area contributed by atoms with E-state index in [1.54, 1.807) is 0 Å². The van der Waals surface area contributed by atoms with E-state index in [4.69, 9.17) is 4.42 Å². The lowest BCUT2D eigenvalue weighted by Gasteiger charge is -2.08. The molecule has 0 bridgehead atoms. The lowest BCUT2D eigenvalue weighted by atomic mass is 10.0. The van der Waals surface area contributed by atoms with Crippen molar-refractivity contribution in [2.75, 3.05) is 0 Å². The molecule has 2 aromatic rings. The third kappa shape index (κ3) is 1.51. The molecule has 1 aromatic heterocycles. The molecule has 0 saturated carbocycles. The Kier molecular flexibility index (Phi) is 2.32. The molecule has 0 unspecified atom stereocenters. The maximum atomic E-state index is 11.4. The largest absolute Gasteiger partial charge is 0.508 e. The van der Waals surface area contributed by atoms with E-state index in [1.165, 1.54) is 13.0 Å². The quantitative estimate of drug-likeness (QED) is 0.675. The molecule has 1 heterocycles. The van der Waals surface area contributed by atoms with Crippen LogP contribution in [-0.2, 0) is 0 Å². The van der Waals surface area contributed by atoms with E-state index in [1.807, 2.05) is 0 Å². The lowest BCUT2D eigenvalue weighted by Crippen LogP contribution is -2.03. The molecular formula is C11H10O5. The first-order valence-corrected chi connectivity index (χ1v) is 4.66. The summed E-state index contributed by atoms with van der Waals surface area (Å²) in [5.74, 6) is -0.552. The second-order valence-corrected chi connectivity index (χ2v) is 3.54. The summed E-state index contributed by atoms with van der Waals surface area (Å²) in [6, 6.07) is 2.35. The minimum atomic E-state index is -0.868. The predicted octanol–water partition coefficient (Wildman–Crippen LogP) is 1.26. The number of aliphatic hydroxyl groups excluding tert-OH is 1. The van der Waals surface area contributed by atoms with Crippen LogP contribution in [0.15, 0.2) is 27.6 Å². The monoisotopic (exact) mass is 222 g/mol. The van der Waals surface area contributed by atoms with Gasteiger partial charge in [-0.25, -0.2) is 4.79 Å². The standard InChI is InChI=1S/C11H10O5/c1-5(12)8-4-16-11(15)10-7(8)2-6(13)3-9(10)14/h2-5,12-14H,1H3/t5-/m1/s1. The number of aliphatic hydroxyl groups is 1. The Morgan fingerprint density at radius 3 is 2.62 bits per heavy atom. The molecule has 84 valence electrons. The van der Waals surface area contributed by atoms with Gasteiger partial charge in [-0.3, -0.25) is 0 Å². The fourth-order valence-corrected chi connectivity index (χ4v) is 1.62. The summed E-state index contributed by atoms with van der Waals surface area (Å²) in [6.45, 7) is 1.50. The van der Waals surface area contributed by atoms with Gasteiger partial charge >= 0.3 is 5.63 Å². The summed E-state index contributed by atoms with van der Waals surface area (Å²) in [5.41, 5.74) is -0.377. The normalized spacial score (nSPS) is 12.9. The average Bonchev–Trinajstić information content (AvgIpc) is 2.15. The van der Waals surface area contributed by atoms with Gasteiger partial charge in [0.15, 0.2) is 0 Å². The smallest absolute Gasteiger partial charge is 0.347 e. The molecule has 3 N–H and O–H groups in total. The van der Waals surface area contributed by atoms with E-state index in [9.17, 15) is 20.1 Å². The van der Waals surface area contributed by atoms with Crippen molar-refractivity contribution in [1.82, 2.24) is 0 Å². The highest BCUT2D eigenvalue weighted by molar-refractivity contribution is 5.90. The van der Waals surface area contributed by atoms with Crippen molar-refractivity contribution in [3.63, 3.8) is 0 Å². The van der Waals surface area contributed by atoms with Crippen LogP contribution in [0.1, 0.15) is 18.6 Å². The van der Waals surface area contributed by atoms with Crippen molar-refractivity contribution in [3.05, 3.63) is 34.4 Å². The van der Waals surface area contributed by atoms with Gasteiger partial charge in [-0.05, 0) is 13.0 Å². The minimum Gasteiger partial charge on any atom is -0.508 e. The number of aromatic hydroxyl groups is 2. The van der Waals surface area contributed by atoms with Crippen LogP contribution in [0.4, 0.5) is 0 Å². The Morgan fingerprint density at radius 1 is 1.31 bits per heavy atom. The van der Waals surface area contributed by atoms with Crippen molar-refractivity contribution in [1.29, 1.82) is 0 Å². The Labute approximate surface area is 90.2 Å². The fourth-order valence-electron chi connectivity index (χ4n) is 1.62. The van der Waals surface area contributed by atoms with Gasteiger partial charge in [-0.2, -0.15) is 0 Å². The molecule has 0 aliphatic rings. The van der Waals surface area contributed by atoms with Crippen LogP contribution in [0.5, 0.6) is 11.5 Å². The van der Waals surface area contributed by atoms with Crippen molar-refractivity contribution >= 4 is 10.8 Å². The third-order valence-corrected chi connectivity index (χ3v) is 2.36. The van der Waals surface area contributed by atoms with Crippen molar-refractivity contribution in [2.24, 2.45) is 0 Å². The number of hydrogen-bond donors (Lipinski definition) is 3. The maximum Gasteiger partial charge on any atom is 0.347 e. The topological polar surface area (TPSA) is 90.9 Å². The first kappa shape index (κ1) is 10.5. The molecule has 0 saturated heterocycles. The molecular weight excluding hydrogens is 212 g/mol. The van der Waals surface area contributed by atoms with Gasteiger partial charge in [0.05, 0.1) is 6.10 Å². The maximum absolute atomic E-state index is 11.4. The second-order valence-electron chi connectivity index (χ2n) is 3.54. The summed E-state index contributed by atoms with van der Waals surface area (Å²) in [5, 5.41) is 28.6. The molecule has 5 nitrogen and oxygen atoms in total. The fraction of sp³-hybridized carbons (Fsp3) is 0.182. The molecule has 0 aliphatic carbocycles. The molecule has 0 aliphatic heterocycles. The highest BCUT2D eigenvalue weighted by Gasteiger charge is 2.14. The van der Waals surface area contributed by atoms with Gasteiger partial charge < -0.3 is 19.7 Å². The third-order valence-electron chi connectivity index (χ3n) is 2.36. The molecule has 0 amide bonds. The van der Waals surface area contributed by atoms with Gasteiger partial charge in [-0.15, -0.1) is 0 Å². The summed E-state index contributed by atoms with van der Waals surface area (Å²) < 4.78 is 4.70. The predicted molar refractivity (Wildman–Crippen MR) is 56.4 cm³/mol. The molecule has 0 fully saturated rings. The van der Waals surface area contributed by atoms with E-state index in [0.29, 0.717) is 5.56 Å². The van der Waals surface area contributed by atoms with E-state index in [0.717, 1.165) is 12.3 Å². The average molecular weight is 222 g/mol. The van der Waals surface area contributed by atoms with Crippen LogP contribution in [0.3, 0.4) is 0 Å². The van der Waals surface area contributed by atoms with Crippen LogP contribution >= 0.6 is 0 Å². The molecule has 0 radical (unpaired) electrons. The number of rotatable bonds is 1. The number of phenolic OH excluding ortho intramolecular Hbond substituents is 2. The number of fused-ring (bicyclic) bond motifs is 1. The van der Waals surface area contributed by atoms with Gasteiger partial charge in [0.1, 0.15) is 23.1 Å². The summed E-state index contributed by atoms with van der Waals surface area (Å²) in [4.78, 5) is 11.4. The molecule has 5 heteroatoms. The Hall–Kier alpha value is -2.01. The molecule has 1 aromatic carbocycles. The van der Waals surface area contributed by atoms with Gasteiger partial charge in [0.2, 0.25) is 0 Å². The van der Waals surface area contributed by atoms with E-state index >= 15 is 0 Å². The summed E-state index contributed by atoms with van der Waals surface area (Å²) in [6.07, 6.45) is 0.252. The Balaban J connectivity index is 2.98. The van der Waals surface area contributed by atoms with Gasteiger partial charge in [0.25, 0.3) is 0 Å². The van der Waals surface area contributed by atoms with Crippen molar-refractivity contribution in [2.45, 2.75) is 13.0 Å². The van der Waals surface area contributed by atoms with Crippen molar-refractivity contribution < 1.29 is 19.7 Å². The van der Waals surface area contributed by atoms with E-state index in [2.05, 4.69) is 0 Å². The zero-order valence-electron chi connectivity index (χ0n) is 8.47. The Morgan fingerprint density at radius 2 is 2.00 bits per heavy atom. The SMILES string of the molecule is C[C@@H](O)c1coc(=O)c2c(O)cc(O)cc12. The van der Waals surface area contributed by atoms with Crippen LogP contribution in [0, 0.1) is 0 Å². The van der Waals surface area contributed by atoms with E-state index in [-0.39, 0.29) is 22.3 Å². The highest BCUT2D eigenvalue weighted by Crippen LogP contribution is 2.31. The highest BCUT2D eigenvalue weighted by atomic mass is 16.4.